The van der Waals surface area contributed by atoms with Crippen molar-refractivity contribution in [3.8, 4) is 16.9 Å². The van der Waals surface area contributed by atoms with E-state index in [9.17, 15) is 33.7 Å². The van der Waals surface area contributed by atoms with E-state index in [0.29, 0.717) is 24.1 Å². The first-order valence-electron chi connectivity index (χ1n) is 12.4. The van der Waals surface area contributed by atoms with E-state index in [1.807, 2.05) is 24.3 Å². The standard InChI is InChI=1S/C30H27FNO6P/c31-23-9-1-21(2-10-23)28(34)18-17-27-29(22-5-13-25(33)14-6-22)32(30(27)35)24-11-3-19(4-12-24)20-7-15-26(16-8-20)39(36,37)38/h1-16,27-29,33-34H,17-18H2,(H2,36,37,38)/t27-,28+,29-/m1/s1. The van der Waals surface area contributed by atoms with Gasteiger partial charge in [0.05, 0.1) is 23.4 Å². The highest BCUT2D eigenvalue weighted by atomic mass is 31.2. The van der Waals surface area contributed by atoms with Gasteiger partial charge in [0.15, 0.2) is 0 Å². The van der Waals surface area contributed by atoms with E-state index in [1.165, 1.54) is 36.4 Å². The van der Waals surface area contributed by atoms with Crippen molar-refractivity contribution in [1.82, 2.24) is 0 Å². The number of amides is 1. The molecule has 7 nitrogen and oxygen atoms in total. The number of hydrogen-bond acceptors (Lipinski definition) is 4. The molecule has 0 spiro atoms. The van der Waals surface area contributed by atoms with Crippen LogP contribution in [0.2, 0.25) is 0 Å². The zero-order valence-electron chi connectivity index (χ0n) is 20.8. The number of benzene rings is 4. The van der Waals surface area contributed by atoms with Gasteiger partial charge < -0.3 is 24.9 Å². The van der Waals surface area contributed by atoms with Gasteiger partial charge in [0.1, 0.15) is 11.6 Å². The van der Waals surface area contributed by atoms with Gasteiger partial charge in [-0.05, 0) is 83.6 Å². The molecule has 1 saturated heterocycles. The molecule has 0 aromatic heterocycles. The molecule has 1 amide bonds. The van der Waals surface area contributed by atoms with Crippen LogP contribution >= 0.6 is 7.60 Å². The highest BCUT2D eigenvalue weighted by Crippen LogP contribution is 2.47. The number of anilines is 1. The zero-order chi connectivity index (χ0) is 27.7. The molecule has 1 fully saturated rings. The van der Waals surface area contributed by atoms with E-state index < -0.39 is 13.7 Å². The van der Waals surface area contributed by atoms with E-state index >= 15 is 0 Å². The number of β-lactam (4-membered cyclic amide) rings is 1. The number of carbonyl (C=O) groups excluding carboxylic acids is 1. The van der Waals surface area contributed by atoms with E-state index in [0.717, 1.165) is 16.7 Å². The molecular weight excluding hydrogens is 520 g/mol. The normalized spacial score (nSPS) is 18.1. The molecule has 0 bridgehead atoms. The molecule has 39 heavy (non-hydrogen) atoms. The van der Waals surface area contributed by atoms with Crippen LogP contribution in [0.4, 0.5) is 10.1 Å². The fourth-order valence-electron chi connectivity index (χ4n) is 5.02. The third kappa shape index (κ3) is 5.65. The molecule has 4 N–H and O–H groups in total. The minimum absolute atomic E-state index is 0.0543. The number of halogens is 1. The topological polar surface area (TPSA) is 118 Å². The summed E-state index contributed by atoms with van der Waals surface area (Å²) in [7, 11) is -4.32. The van der Waals surface area contributed by atoms with Crippen LogP contribution in [0, 0.1) is 11.7 Å². The fourth-order valence-corrected chi connectivity index (χ4v) is 5.56. The first kappa shape index (κ1) is 26.8. The Labute approximate surface area is 225 Å². The molecule has 0 radical (unpaired) electrons. The van der Waals surface area contributed by atoms with Gasteiger partial charge in [-0.3, -0.25) is 9.36 Å². The average Bonchev–Trinajstić information content (AvgIpc) is 2.92. The molecule has 9 heteroatoms. The summed E-state index contributed by atoms with van der Waals surface area (Å²) in [5.41, 5.74) is 3.72. The van der Waals surface area contributed by atoms with Gasteiger partial charge in [0, 0.05) is 5.69 Å². The van der Waals surface area contributed by atoms with Crippen LogP contribution in [-0.4, -0.2) is 25.9 Å². The van der Waals surface area contributed by atoms with Gasteiger partial charge in [-0.1, -0.05) is 48.5 Å². The third-order valence-electron chi connectivity index (χ3n) is 7.14. The Morgan fingerprint density at radius 1 is 0.821 bits per heavy atom. The third-order valence-corrected chi connectivity index (χ3v) is 8.11. The van der Waals surface area contributed by atoms with Gasteiger partial charge in [0.2, 0.25) is 5.91 Å². The zero-order valence-corrected chi connectivity index (χ0v) is 21.7. The molecule has 0 aliphatic carbocycles. The van der Waals surface area contributed by atoms with Gasteiger partial charge in [0.25, 0.3) is 0 Å². The van der Waals surface area contributed by atoms with Crippen molar-refractivity contribution >= 4 is 24.5 Å². The minimum Gasteiger partial charge on any atom is -0.508 e. The van der Waals surface area contributed by atoms with E-state index in [4.69, 9.17) is 0 Å². The molecule has 5 rings (SSSR count). The Morgan fingerprint density at radius 3 is 1.95 bits per heavy atom. The summed E-state index contributed by atoms with van der Waals surface area (Å²) >= 11 is 0. The Balaban J connectivity index is 1.36. The first-order chi connectivity index (χ1) is 18.6. The molecule has 1 aliphatic rings. The Hall–Kier alpha value is -3.81. The monoisotopic (exact) mass is 547 g/mol. The van der Waals surface area contributed by atoms with Crippen molar-refractivity contribution in [3.63, 3.8) is 0 Å². The minimum atomic E-state index is -4.32. The Morgan fingerprint density at radius 2 is 1.38 bits per heavy atom. The lowest BCUT2D eigenvalue weighted by Gasteiger charge is -2.48. The maximum atomic E-state index is 13.4. The molecule has 1 aliphatic heterocycles. The summed E-state index contributed by atoms with van der Waals surface area (Å²) in [6.07, 6.45) is -0.0820. The van der Waals surface area contributed by atoms with Crippen molar-refractivity contribution in [2.45, 2.75) is 25.0 Å². The number of aliphatic hydroxyl groups excluding tert-OH is 1. The molecule has 1 heterocycles. The quantitative estimate of drug-likeness (QED) is 0.178. The molecule has 0 unspecified atom stereocenters. The number of carbonyl (C=O) groups is 1. The maximum Gasteiger partial charge on any atom is 0.356 e. The summed E-state index contributed by atoms with van der Waals surface area (Å²) in [6.45, 7) is 0. The largest absolute Gasteiger partial charge is 0.508 e. The summed E-state index contributed by atoms with van der Waals surface area (Å²) in [4.78, 5) is 33.7. The number of rotatable bonds is 8. The van der Waals surface area contributed by atoms with Gasteiger partial charge in [-0.25, -0.2) is 4.39 Å². The van der Waals surface area contributed by atoms with Gasteiger partial charge in [-0.2, -0.15) is 0 Å². The Kier molecular flexibility index (Phi) is 7.38. The van der Waals surface area contributed by atoms with Crippen LogP contribution in [0.5, 0.6) is 5.75 Å². The van der Waals surface area contributed by atoms with Crippen molar-refractivity contribution in [3.05, 3.63) is 114 Å². The highest BCUT2D eigenvalue weighted by Gasteiger charge is 2.48. The van der Waals surface area contributed by atoms with Gasteiger partial charge >= 0.3 is 7.60 Å². The van der Waals surface area contributed by atoms with Crippen LogP contribution in [0.15, 0.2) is 97.1 Å². The fraction of sp³-hybridized carbons (Fsp3) is 0.167. The Bertz CT molecular complexity index is 1500. The summed E-state index contributed by atoms with van der Waals surface area (Å²) < 4.78 is 24.7. The van der Waals surface area contributed by atoms with Crippen molar-refractivity contribution < 1.29 is 33.7 Å². The second-order valence-corrected chi connectivity index (χ2v) is 11.2. The predicted octanol–water partition coefficient (Wildman–Crippen LogP) is 5.22. The number of hydrogen-bond donors (Lipinski definition) is 4. The molecular formula is C30H27FNO6P. The van der Waals surface area contributed by atoms with Crippen LogP contribution in [0.25, 0.3) is 11.1 Å². The summed E-state index contributed by atoms with van der Waals surface area (Å²) in [5.74, 6) is -0.733. The predicted molar refractivity (Wildman–Crippen MR) is 146 cm³/mol. The maximum absolute atomic E-state index is 13.4. The lowest BCUT2D eigenvalue weighted by Crippen LogP contribution is -2.55. The van der Waals surface area contributed by atoms with Gasteiger partial charge in [-0.15, -0.1) is 0 Å². The molecule has 4 aromatic carbocycles. The lowest BCUT2D eigenvalue weighted by atomic mass is 9.78. The smallest absolute Gasteiger partial charge is 0.356 e. The second kappa shape index (κ2) is 10.8. The van der Waals surface area contributed by atoms with E-state index in [2.05, 4.69) is 0 Å². The SMILES string of the molecule is O=C1[C@H](CC[C@H](O)c2ccc(F)cc2)[C@@H](c2ccc(O)cc2)N1c1ccc(-c2ccc(P(=O)(O)O)cc2)cc1. The average molecular weight is 548 g/mol. The lowest BCUT2D eigenvalue weighted by molar-refractivity contribution is -0.131. The summed E-state index contributed by atoms with van der Waals surface area (Å²) in [6, 6.07) is 25.5. The first-order valence-corrected chi connectivity index (χ1v) is 14.1. The van der Waals surface area contributed by atoms with E-state index in [1.54, 1.807) is 41.3 Å². The number of nitrogens with zero attached hydrogens (tertiary/aromatic N) is 1. The number of aliphatic hydroxyl groups is 1. The van der Waals surface area contributed by atoms with Crippen LogP contribution in [0.1, 0.15) is 36.1 Å². The number of aromatic hydroxyl groups is 1. The second-order valence-electron chi connectivity index (χ2n) is 9.63. The molecule has 3 atom stereocenters. The van der Waals surface area contributed by atoms with Crippen molar-refractivity contribution in [2.75, 3.05) is 4.90 Å². The molecule has 4 aromatic rings. The van der Waals surface area contributed by atoms with E-state index in [-0.39, 0.29) is 34.7 Å². The summed E-state index contributed by atoms with van der Waals surface area (Å²) in [5, 5.41) is 20.3. The molecule has 0 saturated carbocycles. The van der Waals surface area contributed by atoms with Crippen LogP contribution in [0.3, 0.4) is 0 Å². The number of phenolic OH excluding ortho intramolecular Hbond substituents is 1. The number of phenols is 1. The highest BCUT2D eigenvalue weighted by molar-refractivity contribution is 7.60. The molecule has 200 valence electrons. The van der Waals surface area contributed by atoms with Crippen LogP contribution in [-0.2, 0) is 9.36 Å². The van der Waals surface area contributed by atoms with Crippen LogP contribution < -0.4 is 10.2 Å². The van der Waals surface area contributed by atoms with Crippen molar-refractivity contribution in [1.29, 1.82) is 0 Å². The van der Waals surface area contributed by atoms with Crippen molar-refractivity contribution in [2.24, 2.45) is 5.92 Å².